The molecule has 5 heteroatoms. The van der Waals surface area contributed by atoms with E-state index in [1.807, 2.05) is 76.4 Å². The van der Waals surface area contributed by atoms with E-state index in [1.165, 1.54) is 0 Å². The number of aryl methyl sites for hydroxylation is 1. The van der Waals surface area contributed by atoms with E-state index in [-0.39, 0.29) is 11.7 Å². The zero-order chi connectivity index (χ0) is 22.2. The van der Waals surface area contributed by atoms with Gasteiger partial charge >= 0.3 is 0 Å². The van der Waals surface area contributed by atoms with Crippen molar-refractivity contribution < 1.29 is 9.47 Å². The first kappa shape index (κ1) is 20.9. The summed E-state index contributed by atoms with van der Waals surface area (Å²) < 4.78 is 13.8. The highest BCUT2D eigenvalue weighted by atomic mass is 16.5. The molecule has 31 heavy (non-hydrogen) atoms. The van der Waals surface area contributed by atoms with Crippen molar-refractivity contribution in [2.24, 2.45) is 0 Å². The molecule has 0 saturated heterocycles. The molecule has 0 bridgehead atoms. The summed E-state index contributed by atoms with van der Waals surface area (Å²) in [6, 6.07) is 16.3. The van der Waals surface area contributed by atoms with E-state index in [0.717, 1.165) is 39.6 Å². The summed E-state index contributed by atoms with van der Waals surface area (Å²) in [5, 5.41) is 0. The van der Waals surface area contributed by atoms with E-state index in [2.05, 4.69) is 35.4 Å². The molecule has 0 saturated carbocycles. The van der Waals surface area contributed by atoms with Crippen LogP contribution in [0.2, 0.25) is 0 Å². The summed E-state index contributed by atoms with van der Waals surface area (Å²) in [6.45, 7) is 12.2. The number of benzene rings is 2. The lowest BCUT2D eigenvalue weighted by molar-refractivity contribution is 0.131. The Bertz CT molecular complexity index is 1180. The molecule has 0 unspecified atom stereocenters. The van der Waals surface area contributed by atoms with Crippen LogP contribution in [0.5, 0.6) is 11.5 Å². The van der Waals surface area contributed by atoms with Gasteiger partial charge in [0.15, 0.2) is 0 Å². The number of hydrogen-bond acceptors (Lipinski definition) is 4. The predicted molar refractivity (Wildman–Crippen MR) is 125 cm³/mol. The number of fused-ring (bicyclic) bond motifs is 1. The van der Waals surface area contributed by atoms with Gasteiger partial charge in [-0.1, -0.05) is 12.1 Å². The summed E-state index contributed by atoms with van der Waals surface area (Å²) in [6.07, 6.45) is 4.13. The molecule has 2 aromatic heterocycles. The molecular weight excluding hydrogens is 386 g/mol. The van der Waals surface area contributed by atoms with E-state index in [9.17, 15) is 0 Å². The maximum atomic E-state index is 5.94. The number of aromatic nitrogens is 3. The van der Waals surface area contributed by atoms with E-state index in [1.54, 1.807) is 0 Å². The van der Waals surface area contributed by atoms with Crippen molar-refractivity contribution in [2.45, 2.75) is 53.2 Å². The van der Waals surface area contributed by atoms with E-state index < -0.39 is 0 Å². The number of hydrogen-bond donors (Lipinski definition) is 0. The van der Waals surface area contributed by atoms with Crippen LogP contribution >= 0.6 is 0 Å². The Morgan fingerprint density at radius 3 is 2.10 bits per heavy atom. The van der Waals surface area contributed by atoms with Crippen molar-refractivity contribution in [1.29, 1.82) is 0 Å². The van der Waals surface area contributed by atoms with Crippen molar-refractivity contribution in [3.8, 4) is 33.9 Å². The lowest BCUT2D eigenvalue weighted by Gasteiger charge is -2.21. The van der Waals surface area contributed by atoms with Crippen LogP contribution in [-0.4, -0.2) is 26.1 Å². The molecule has 0 aliphatic carbocycles. The Hall–Kier alpha value is -3.34. The van der Waals surface area contributed by atoms with Gasteiger partial charge in [0.25, 0.3) is 0 Å². The summed E-state index contributed by atoms with van der Waals surface area (Å²) >= 11 is 0. The maximum absolute atomic E-state index is 5.94. The average molecular weight is 416 g/mol. The van der Waals surface area contributed by atoms with Gasteiger partial charge in [-0.05, 0) is 83.5 Å². The predicted octanol–water partition coefficient (Wildman–Crippen LogP) is 6.34. The summed E-state index contributed by atoms with van der Waals surface area (Å²) in [5.41, 5.74) is 4.93. The van der Waals surface area contributed by atoms with E-state index in [4.69, 9.17) is 14.5 Å². The van der Waals surface area contributed by atoms with Gasteiger partial charge in [0.2, 0.25) is 5.78 Å². The summed E-state index contributed by atoms with van der Waals surface area (Å²) in [5.74, 6) is 2.40. The van der Waals surface area contributed by atoms with Gasteiger partial charge in [-0.2, -0.15) is 0 Å². The van der Waals surface area contributed by atoms with Gasteiger partial charge in [0.05, 0.1) is 23.7 Å². The molecule has 160 valence electrons. The van der Waals surface area contributed by atoms with Gasteiger partial charge in [-0.3, -0.25) is 4.40 Å². The van der Waals surface area contributed by atoms with Crippen LogP contribution in [0, 0.1) is 6.92 Å². The Balaban J connectivity index is 1.69. The van der Waals surface area contributed by atoms with E-state index >= 15 is 0 Å². The Morgan fingerprint density at radius 1 is 0.871 bits per heavy atom. The highest BCUT2D eigenvalue weighted by molar-refractivity contribution is 5.70. The van der Waals surface area contributed by atoms with Gasteiger partial charge in [-0.15, -0.1) is 0 Å². The zero-order valence-corrected chi connectivity index (χ0v) is 19.0. The van der Waals surface area contributed by atoms with Crippen LogP contribution in [0.1, 0.15) is 40.3 Å². The van der Waals surface area contributed by atoms with Crippen LogP contribution in [0.3, 0.4) is 0 Å². The monoisotopic (exact) mass is 415 g/mol. The van der Waals surface area contributed by atoms with Crippen LogP contribution in [0.4, 0.5) is 0 Å². The maximum Gasteiger partial charge on any atom is 0.234 e. The van der Waals surface area contributed by atoms with Crippen LogP contribution in [-0.2, 0) is 0 Å². The number of rotatable bonds is 5. The van der Waals surface area contributed by atoms with Crippen LogP contribution in [0.15, 0.2) is 60.9 Å². The third kappa shape index (κ3) is 4.71. The van der Waals surface area contributed by atoms with Crippen molar-refractivity contribution in [1.82, 2.24) is 14.4 Å². The molecule has 0 spiro atoms. The molecular formula is C26H29N3O2. The third-order valence-electron chi connectivity index (χ3n) is 4.80. The second kappa shape index (κ2) is 8.06. The SMILES string of the molecule is Cc1nc2ncc(-c3ccc(OC(C)(C)C)cc3)n2cc1-c1ccc(OC(C)C)cc1. The molecule has 0 fully saturated rings. The van der Waals surface area contributed by atoms with Crippen molar-refractivity contribution in [2.75, 3.05) is 0 Å². The van der Waals surface area contributed by atoms with Crippen LogP contribution in [0.25, 0.3) is 28.2 Å². The molecule has 0 N–H and O–H groups in total. The first-order chi connectivity index (χ1) is 14.7. The molecule has 0 amide bonds. The molecule has 0 aliphatic heterocycles. The minimum absolute atomic E-state index is 0.152. The highest BCUT2D eigenvalue weighted by Crippen LogP contribution is 2.29. The first-order valence-corrected chi connectivity index (χ1v) is 10.6. The fourth-order valence-corrected chi connectivity index (χ4v) is 3.52. The fourth-order valence-electron chi connectivity index (χ4n) is 3.52. The molecule has 0 radical (unpaired) electrons. The Labute approximate surface area is 183 Å². The first-order valence-electron chi connectivity index (χ1n) is 10.6. The van der Waals surface area contributed by atoms with Crippen molar-refractivity contribution in [3.05, 3.63) is 66.6 Å². The molecule has 2 aromatic carbocycles. The zero-order valence-electron chi connectivity index (χ0n) is 19.0. The average Bonchev–Trinajstić information content (AvgIpc) is 3.09. The van der Waals surface area contributed by atoms with Crippen molar-refractivity contribution >= 4 is 5.78 Å². The lowest BCUT2D eigenvalue weighted by atomic mass is 10.1. The largest absolute Gasteiger partial charge is 0.491 e. The molecule has 0 aliphatic rings. The highest BCUT2D eigenvalue weighted by Gasteiger charge is 2.14. The topological polar surface area (TPSA) is 48.7 Å². The van der Waals surface area contributed by atoms with Crippen molar-refractivity contribution in [3.63, 3.8) is 0 Å². The molecule has 0 atom stereocenters. The quantitative estimate of drug-likeness (QED) is 0.382. The Kier molecular flexibility index (Phi) is 5.44. The molecule has 4 rings (SSSR count). The van der Waals surface area contributed by atoms with Gasteiger partial charge in [0.1, 0.15) is 17.1 Å². The second-order valence-corrected chi connectivity index (χ2v) is 8.98. The van der Waals surface area contributed by atoms with E-state index in [0.29, 0.717) is 5.78 Å². The molecule has 2 heterocycles. The van der Waals surface area contributed by atoms with Crippen LogP contribution < -0.4 is 9.47 Å². The van der Waals surface area contributed by atoms with Gasteiger partial charge in [0, 0.05) is 17.3 Å². The lowest BCUT2D eigenvalue weighted by Crippen LogP contribution is -2.22. The fraction of sp³-hybridized carbons (Fsp3) is 0.308. The number of ether oxygens (including phenoxy) is 2. The minimum Gasteiger partial charge on any atom is -0.491 e. The number of imidazole rings is 1. The molecule has 4 aromatic rings. The molecule has 5 nitrogen and oxygen atoms in total. The standard InChI is InChI=1S/C26H29N3O2/c1-17(2)30-21-11-7-19(8-12-21)23-16-29-24(15-27-25(29)28-18(23)3)20-9-13-22(14-10-20)31-26(4,5)6/h7-17H,1-6H3. The smallest absolute Gasteiger partial charge is 0.234 e. The van der Waals surface area contributed by atoms with Gasteiger partial charge in [-0.25, -0.2) is 9.97 Å². The third-order valence-corrected chi connectivity index (χ3v) is 4.80. The summed E-state index contributed by atoms with van der Waals surface area (Å²) in [4.78, 5) is 9.25. The van der Waals surface area contributed by atoms with Gasteiger partial charge < -0.3 is 9.47 Å². The number of nitrogens with zero attached hydrogens (tertiary/aromatic N) is 3. The Morgan fingerprint density at radius 2 is 1.48 bits per heavy atom. The second-order valence-electron chi connectivity index (χ2n) is 8.98. The summed E-state index contributed by atoms with van der Waals surface area (Å²) in [7, 11) is 0. The minimum atomic E-state index is -0.225. The normalized spacial score (nSPS) is 11.8.